The van der Waals surface area contributed by atoms with Crippen LogP contribution in [0.4, 0.5) is 0 Å². The van der Waals surface area contributed by atoms with Gasteiger partial charge in [-0.3, -0.25) is 9.48 Å². The minimum absolute atomic E-state index is 0.0394. The van der Waals surface area contributed by atoms with Gasteiger partial charge in [0.25, 0.3) is 0 Å². The molecule has 1 atom stereocenters. The van der Waals surface area contributed by atoms with E-state index in [9.17, 15) is 4.79 Å². The Balaban J connectivity index is 1.55. The molecule has 2 aromatic heterocycles. The van der Waals surface area contributed by atoms with Crippen molar-refractivity contribution < 1.29 is 4.79 Å². The number of hydrogen-bond donors (Lipinski definition) is 1. The highest BCUT2D eigenvalue weighted by atomic mass is 16.1. The van der Waals surface area contributed by atoms with Crippen molar-refractivity contribution in [3.63, 3.8) is 0 Å². The second kappa shape index (κ2) is 5.71. The molecule has 1 aliphatic rings. The number of fused-ring (bicyclic) bond motifs is 1. The summed E-state index contributed by atoms with van der Waals surface area (Å²) in [6, 6.07) is 2.42. The minimum Gasteiger partial charge on any atom is -0.351 e. The van der Waals surface area contributed by atoms with Gasteiger partial charge >= 0.3 is 0 Å². The van der Waals surface area contributed by atoms with E-state index in [1.54, 1.807) is 0 Å². The lowest BCUT2D eigenvalue weighted by atomic mass is 10.1. The first-order chi connectivity index (χ1) is 10.1. The number of aromatic nitrogens is 4. The topological polar surface area (TPSA) is 64.7 Å². The van der Waals surface area contributed by atoms with Gasteiger partial charge in [-0.1, -0.05) is 0 Å². The van der Waals surface area contributed by atoms with E-state index in [4.69, 9.17) is 0 Å². The molecule has 6 nitrogen and oxygen atoms in total. The van der Waals surface area contributed by atoms with Crippen LogP contribution in [-0.2, 0) is 24.2 Å². The fraction of sp³-hybridized carbons (Fsp3) is 0.533. The van der Waals surface area contributed by atoms with Crippen LogP contribution < -0.4 is 5.32 Å². The number of carbonyl (C=O) groups is 1. The Morgan fingerprint density at radius 1 is 1.48 bits per heavy atom. The molecular formula is C15H21N5O. The Bertz CT molecular complexity index is 628. The second-order valence-electron chi connectivity index (χ2n) is 5.86. The molecule has 1 aliphatic heterocycles. The van der Waals surface area contributed by atoms with E-state index in [0.29, 0.717) is 12.5 Å². The molecule has 3 rings (SSSR count). The van der Waals surface area contributed by atoms with Crippen molar-refractivity contribution in [2.45, 2.75) is 51.7 Å². The van der Waals surface area contributed by atoms with E-state index < -0.39 is 0 Å². The maximum absolute atomic E-state index is 12.1. The summed E-state index contributed by atoms with van der Waals surface area (Å²) < 4.78 is 3.99. The van der Waals surface area contributed by atoms with E-state index in [2.05, 4.69) is 33.8 Å². The Hall–Kier alpha value is -2.11. The molecule has 3 heterocycles. The SMILES string of the molecule is CC(C)n1ccc(CC(=O)N[C@@H]2CCc3nccn3C2)n1. The highest BCUT2D eigenvalue weighted by molar-refractivity contribution is 5.78. The van der Waals surface area contributed by atoms with Crippen LogP contribution in [0.3, 0.4) is 0 Å². The van der Waals surface area contributed by atoms with Crippen LogP contribution in [-0.4, -0.2) is 31.3 Å². The van der Waals surface area contributed by atoms with Crippen molar-refractivity contribution in [3.05, 3.63) is 36.2 Å². The number of imidazole rings is 1. The summed E-state index contributed by atoms with van der Waals surface area (Å²) in [5.41, 5.74) is 0.820. The lowest BCUT2D eigenvalue weighted by Gasteiger charge is -2.24. The zero-order valence-corrected chi connectivity index (χ0v) is 12.5. The normalized spacial score (nSPS) is 17.8. The van der Waals surface area contributed by atoms with Crippen molar-refractivity contribution in [1.82, 2.24) is 24.6 Å². The highest BCUT2D eigenvalue weighted by Crippen LogP contribution is 2.13. The summed E-state index contributed by atoms with van der Waals surface area (Å²) >= 11 is 0. The molecule has 0 unspecified atom stereocenters. The van der Waals surface area contributed by atoms with Crippen molar-refractivity contribution in [2.24, 2.45) is 0 Å². The third kappa shape index (κ3) is 3.15. The Morgan fingerprint density at radius 2 is 2.33 bits per heavy atom. The largest absolute Gasteiger partial charge is 0.351 e. The number of rotatable bonds is 4. The molecule has 0 saturated carbocycles. The highest BCUT2D eigenvalue weighted by Gasteiger charge is 2.20. The van der Waals surface area contributed by atoms with Gasteiger partial charge in [-0.2, -0.15) is 5.10 Å². The van der Waals surface area contributed by atoms with Crippen LogP contribution in [0.1, 0.15) is 37.8 Å². The van der Waals surface area contributed by atoms with Gasteiger partial charge < -0.3 is 9.88 Å². The molecule has 0 saturated heterocycles. The molecule has 0 fully saturated rings. The number of amides is 1. The number of hydrogen-bond acceptors (Lipinski definition) is 3. The van der Waals surface area contributed by atoms with Crippen LogP contribution in [0.2, 0.25) is 0 Å². The monoisotopic (exact) mass is 287 g/mol. The third-order valence-corrected chi connectivity index (χ3v) is 3.83. The van der Waals surface area contributed by atoms with Gasteiger partial charge in [0.05, 0.1) is 12.1 Å². The standard InChI is InChI=1S/C15H21N5O/c1-11(2)20-7-5-12(18-20)9-15(21)17-13-3-4-14-16-6-8-19(14)10-13/h5-8,11,13H,3-4,9-10H2,1-2H3,(H,17,21)/t13-/m1/s1. The van der Waals surface area contributed by atoms with Gasteiger partial charge in [-0.05, 0) is 26.3 Å². The summed E-state index contributed by atoms with van der Waals surface area (Å²) in [5, 5.41) is 7.51. The molecule has 1 amide bonds. The summed E-state index contributed by atoms with van der Waals surface area (Å²) in [6.07, 6.45) is 7.91. The Labute approximate surface area is 124 Å². The number of nitrogens with zero attached hydrogens (tertiary/aromatic N) is 4. The molecule has 0 radical (unpaired) electrons. The summed E-state index contributed by atoms with van der Waals surface area (Å²) in [6.45, 7) is 4.95. The number of aryl methyl sites for hydroxylation is 1. The van der Waals surface area contributed by atoms with Crippen molar-refractivity contribution in [3.8, 4) is 0 Å². The molecule has 0 bridgehead atoms. The minimum atomic E-state index is 0.0394. The summed E-state index contributed by atoms with van der Waals surface area (Å²) in [5.74, 6) is 1.15. The average Bonchev–Trinajstić information content (AvgIpc) is 3.06. The number of carbonyl (C=O) groups excluding carboxylic acids is 1. The van der Waals surface area contributed by atoms with Crippen LogP contribution in [0.25, 0.3) is 0 Å². The van der Waals surface area contributed by atoms with Crippen LogP contribution >= 0.6 is 0 Å². The van der Waals surface area contributed by atoms with E-state index >= 15 is 0 Å². The first-order valence-electron chi connectivity index (χ1n) is 7.45. The molecule has 2 aromatic rings. The molecule has 1 N–H and O–H groups in total. The third-order valence-electron chi connectivity index (χ3n) is 3.83. The van der Waals surface area contributed by atoms with E-state index in [0.717, 1.165) is 30.9 Å². The fourth-order valence-electron chi connectivity index (χ4n) is 2.69. The molecule has 6 heteroatoms. The zero-order chi connectivity index (χ0) is 14.8. The van der Waals surface area contributed by atoms with E-state index in [1.807, 2.05) is 29.3 Å². The zero-order valence-electron chi connectivity index (χ0n) is 12.5. The van der Waals surface area contributed by atoms with E-state index in [1.165, 1.54) is 0 Å². The lowest BCUT2D eigenvalue weighted by molar-refractivity contribution is -0.121. The van der Waals surface area contributed by atoms with Gasteiger partial charge in [-0.15, -0.1) is 0 Å². The van der Waals surface area contributed by atoms with Crippen molar-refractivity contribution >= 4 is 5.91 Å². The van der Waals surface area contributed by atoms with Gasteiger partial charge in [0.1, 0.15) is 5.82 Å². The Morgan fingerprint density at radius 3 is 3.10 bits per heavy atom. The molecule has 21 heavy (non-hydrogen) atoms. The molecule has 112 valence electrons. The second-order valence-corrected chi connectivity index (χ2v) is 5.86. The Kier molecular flexibility index (Phi) is 3.77. The average molecular weight is 287 g/mol. The summed E-state index contributed by atoms with van der Waals surface area (Å²) in [7, 11) is 0. The maximum Gasteiger partial charge on any atom is 0.226 e. The van der Waals surface area contributed by atoms with Crippen LogP contribution in [0, 0.1) is 0 Å². The molecule has 0 aliphatic carbocycles. The van der Waals surface area contributed by atoms with Gasteiger partial charge in [-0.25, -0.2) is 4.98 Å². The first kappa shape index (κ1) is 13.9. The maximum atomic E-state index is 12.1. The lowest BCUT2D eigenvalue weighted by Crippen LogP contribution is -2.41. The molecule has 0 aromatic carbocycles. The summed E-state index contributed by atoms with van der Waals surface area (Å²) in [4.78, 5) is 16.4. The van der Waals surface area contributed by atoms with Gasteiger partial charge in [0.2, 0.25) is 5.91 Å². The van der Waals surface area contributed by atoms with Gasteiger partial charge in [0, 0.05) is 43.6 Å². The predicted molar refractivity (Wildman–Crippen MR) is 78.8 cm³/mol. The predicted octanol–water partition coefficient (Wildman–Crippen LogP) is 1.33. The molecular weight excluding hydrogens is 266 g/mol. The first-order valence-corrected chi connectivity index (χ1v) is 7.45. The van der Waals surface area contributed by atoms with Crippen LogP contribution in [0.5, 0.6) is 0 Å². The fourth-order valence-corrected chi connectivity index (χ4v) is 2.69. The van der Waals surface area contributed by atoms with Crippen molar-refractivity contribution in [2.75, 3.05) is 0 Å². The van der Waals surface area contributed by atoms with Crippen molar-refractivity contribution in [1.29, 1.82) is 0 Å². The smallest absolute Gasteiger partial charge is 0.226 e. The van der Waals surface area contributed by atoms with E-state index in [-0.39, 0.29) is 11.9 Å². The van der Waals surface area contributed by atoms with Crippen LogP contribution in [0.15, 0.2) is 24.7 Å². The molecule has 0 spiro atoms. The number of nitrogens with one attached hydrogen (secondary N) is 1. The van der Waals surface area contributed by atoms with Gasteiger partial charge in [0.15, 0.2) is 0 Å². The quantitative estimate of drug-likeness (QED) is 0.922.